The number of nitro benzene ring substituents is 1. The predicted octanol–water partition coefficient (Wildman–Crippen LogP) is 5.12. The van der Waals surface area contributed by atoms with E-state index >= 15 is 0 Å². The van der Waals surface area contributed by atoms with Gasteiger partial charge in [0, 0.05) is 34.8 Å². The maximum absolute atomic E-state index is 13.2. The first-order valence-electron chi connectivity index (χ1n) is 9.72. The molecule has 0 amide bonds. The summed E-state index contributed by atoms with van der Waals surface area (Å²) in [6.45, 7) is 2.35. The fraction of sp³-hybridized carbons (Fsp3) is 0.0870. The van der Waals surface area contributed by atoms with Crippen LogP contribution in [-0.2, 0) is 6.54 Å². The molecule has 0 aliphatic carbocycles. The average molecular weight is 448 g/mol. The molecule has 160 valence electrons. The summed E-state index contributed by atoms with van der Waals surface area (Å²) in [4.78, 5) is 28.3. The van der Waals surface area contributed by atoms with Crippen molar-refractivity contribution in [2.75, 3.05) is 5.32 Å². The fourth-order valence-electron chi connectivity index (χ4n) is 3.05. The number of rotatable bonds is 6. The van der Waals surface area contributed by atoms with Crippen molar-refractivity contribution >= 4 is 29.1 Å². The van der Waals surface area contributed by atoms with Gasteiger partial charge in [0.25, 0.3) is 11.6 Å². The molecule has 0 atom stereocenters. The quantitative estimate of drug-likeness (QED) is 0.325. The number of hydrogen-bond acceptors (Lipinski definition) is 6. The molecule has 1 N–H and O–H groups in total. The second kappa shape index (κ2) is 8.99. The first kappa shape index (κ1) is 21.2. The van der Waals surface area contributed by atoms with E-state index in [-0.39, 0.29) is 17.2 Å². The molecule has 1 aromatic heterocycles. The van der Waals surface area contributed by atoms with E-state index < -0.39 is 10.8 Å². The number of halogens is 1. The Hall–Kier alpha value is -4.04. The van der Waals surface area contributed by atoms with Crippen LogP contribution in [0.2, 0.25) is 5.02 Å². The van der Waals surface area contributed by atoms with E-state index in [1.807, 2.05) is 43.3 Å². The number of nitrogens with one attached hydrogen (secondary N) is 1. The Balaban J connectivity index is 1.70. The van der Waals surface area contributed by atoms with Crippen molar-refractivity contribution in [3.63, 3.8) is 0 Å². The highest BCUT2D eigenvalue weighted by Gasteiger charge is 2.20. The van der Waals surface area contributed by atoms with Gasteiger partial charge >= 0.3 is 0 Å². The highest BCUT2D eigenvalue weighted by molar-refractivity contribution is 6.30. The lowest BCUT2D eigenvalue weighted by Gasteiger charge is -2.07. The zero-order valence-corrected chi connectivity index (χ0v) is 17.8. The van der Waals surface area contributed by atoms with Crippen LogP contribution in [0.15, 0.2) is 72.8 Å². The molecule has 0 radical (unpaired) electrons. The van der Waals surface area contributed by atoms with Crippen LogP contribution in [-0.4, -0.2) is 25.6 Å². The Kier molecular flexibility index (Phi) is 5.96. The van der Waals surface area contributed by atoms with Gasteiger partial charge in [0.15, 0.2) is 5.82 Å². The fourth-order valence-corrected chi connectivity index (χ4v) is 3.18. The smallest absolute Gasteiger partial charge is 0.281 e. The maximum atomic E-state index is 13.2. The lowest BCUT2D eigenvalue weighted by Crippen LogP contribution is -2.17. The van der Waals surface area contributed by atoms with E-state index in [2.05, 4.69) is 15.4 Å². The number of non-ortho nitro benzene ring substituents is 1. The zero-order chi connectivity index (χ0) is 22.7. The third kappa shape index (κ3) is 4.65. The van der Waals surface area contributed by atoms with E-state index in [9.17, 15) is 14.9 Å². The Morgan fingerprint density at radius 1 is 1.09 bits per heavy atom. The molecule has 3 aromatic carbocycles. The molecule has 0 bridgehead atoms. The molecule has 4 rings (SSSR count). The SMILES string of the molecule is Cc1ccc(-c2nc(NCc3ccc(Cl)cc3)n(C(=O)c3cccc([N+](=O)[O-])c3)n2)cc1. The predicted molar refractivity (Wildman–Crippen MR) is 122 cm³/mol. The maximum Gasteiger partial charge on any atom is 0.281 e. The van der Waals surface area contributed by atoms with Crippen LogP contribution in [0.1, 0.15) is 21.5 Å². The van der Waals surface area contributed by atoms with E-state index in [0.29, 0.717) is 17.4 Å². The Morgan fingerprint density at radius 2 is 1.81 bits per heavy atom. The number of aryl methyl sites for hydroxylation is 1. The average Bonchev–Trinajstić information content (AvgIpc) is 3.23. The monoisotopic (exact) mass is 447 g/mol. The van der Waals surface area contributed by atoms with E-state index in [0.717, 1.165) is 21.4 Å². The lowest BCUT2D eigenvalue weighted by atomic mass is 10.1. The summed E-state index contributed by atoms with van der Waals surface area (Å²) in [5.41, 5.74) is 2.72. The first-order chi connectivity index (χ1) is 15.4. The molecule has 0 fully saturated rings. The molecular weight excluding hydrogens is 430 g/mol. The van der Waals surface area contributed by atoms with Gasteiger partial charge in [0.05, 0.1) is 4.92 Å². The standard InChI is InChI=1S/C23H18ClN5O3/c1-15-5-9-17(10-6-15)21-26-23(25-14-16-7-11-19(24)12-8-16)28(27-21)22(30)18-3-2-4-20(13-18)29(31)32/h2-13H,14H2,1H3,(H,25,26,27). The minimum atomic E-state index is -0.546. The van der Waals surface area contributed by atoms with Crippen molar-refractivity contribution in [2.45, 2.75) is 13.5 Å². The van der Waals surface area contributed by atoms with Crippen LogP contribution in [0.5, 0.6) is 0 Å². The number of benzene rings is 3. The minimum Gasteiger partial charge on any atom is -0.350 e. The molecule has 4 aromatic rings. The summed E-state index contributed by atoms with van der Waals surface area (Å²) < 4.78 is 1.13. The minimum absolute atomic E-state index is 0.133. The van der Waals surface area contributed by atoms with Gasteiger partial charge in [-0.05, 0) is 30.7 Å². The number of anilines is 1. The number of carbonyl (C=O) groups excluding carboxylic acids is 1. The summed E-state index contributed by atoms with van der Waals surface area (Å²) in [6.07, 6.45) is 0. The molecule has 0 aliphatic heterocycles. The molecule has 1 heterocycles. The molecule has 0 saturated heterocycles. The number of nitrogens with zero attached hydrogens (tertiary/aromatic N) is 4. The highest BCUT2D eigenvalue weighted by atomic mass is 35.5. The molecule has 0 spiro atoms. The summed E-state index contributed by atoms with van der Waals surface area (Å²) in [5.74, 6) is 0.0626. The zero-order valence-electron chi connectivity index (χ0n) is 17.0. The number of hydrogen-bond donors (Lipinski definition) is 1. The van der Waals surface area contributed by atoms with Crippen LogP contribution in [0.4, 0.5) is 11.6 Å². The molecule has 0 saturated carbocycles. The third-order valence-electron chi connectivity index (χ3n) is 4.78. The Bertz CT molecular complexity index is 1280. The van der Waals surface area contributed by atoms with Crippen molar-refractivity contribution < 1.29 is 9.72 Å². The van der Waals surface area contributed by atoms with Gasteiger partial charge in [-0.2, -0.15) is 9.67 Å². The second-order valence-corrected chi connectivity index (χ2v) is 7.57. The number of nitro groups is 1. The van der Waals surface area contributed by atoms with E-state index in [1.54, 1.807) is 12.1 Å². The van der Waals surface area contributed by atoms with Gasteiger partial charge in [-0.3, -0.25) is 14.9 Å². The topological polar surface area (TPSA) is 103 Å². The van der Waals surface area contributed by atoms with Gasteiger partial charge in [0.1, 0.15) is 0 Å². The van der Waals surface area contributed by atoms with Crippen LogP contribution in [0.3, 0.4) is 0 Å². The van der Waals surface area contributed by atoms with Gasteiger partial charge in [-0.25, -0.2) is 0 Å². The molecule has 9 heteroatoms. The van der Waals surface area contributed by atoms with Gasteiger partial charge in [-0.15, -0.1) is 5.10 Å². The summed E-state index contributed by atoms with van der Waals surface area (Å²) in [6, 6.07) is 20.4. The highest BCUT2D eigenvalue weighted by Crippen LogP contribution is 2.21. The van der Waals surface area contributed by atoms with Crippen molar-refractivity contribution in [3.05, 3.63) is 105 Å². The van der Waals surface area contributed by atoms with Crippen LogP contribution < -0.4 is 5.32 Å². The van der Waals surface area contributed by atoms with Crippen molar-refractivity contribution in [1.82, 2.24) is 14.8 Å². The Morgan fingerprint density at radius 3 is 2.50 bits per heavy atom. The van der Waals surface area contributed by atoms with Crippen molar-refractivity contribution in [2.24, 2.45) is 0 Å². The Labute approximate surface area is 188 Å². The summed E-state index contributed by atoms with van der Waals surface area (Å²) in [5, 5.41) is 19.3. The molecule has 8 nitrogen and oxygen atoms in total. The molecule has 0 aliphatic rings. The van der Waals surface area contributed by atoms with Crippen molar-refractivity contribution in [1.29, 1.82) is 0 Å². The molecule has 32 heavy (non-hydrogen) atoms. The van der Waals surface area contributed by atoms with Crippen LogP contribution in [0.25, 0.3) is 11.4 Å². The first-order valence-corrected chi connectivity index (χ1v) is 10.1. The van der Waals surface area contributed by atoms with Gasteiger partial charge in [0.2, 0.25) is 5.95 Å². The number of carbonyl (C=O) groups is 1. The van der Waals surface area contributed by atoms with E-state index in [1.165, 1.54) is 24.3 Å². The second-order valence-electron chi connectivity index (χ2n) is 7.13. The summed E-state index contributed by atoms with van der Waals surface area (Å²) >= 11 is 5.94. The molecular formula is C23H18ClN5O3. The van der Waals surface area contributed by atoms with Crippen molar-refractivity contribution in [3.8, 4) is 11.4 Å². The third-order valence-corrected chi connectivity index (χ3v) is 5.03. The van der Waals surface area contributed by atoms with E-state index in [4.69, 9.17) is 11.6 Å². The van der Waals surface area contributed by atoms with Gasteiger partial charge < -0.3 is 5.32 Å². The largest absolute Gasteiger partial charge is 0.350 e. The van der Waals surface area contributed by atoms with Gasteiger partial charge in [-0.1, -0.05) is 59.6 Å². The lowest BCUT2D eigenvalue weighted by molar-refractivity contribution is -0.384. The van der Waals surface area contributed by atoms with Crippen LogP contribution >= 0.6 is 11.6 Å². The van der Waals surface area contributed by atoms with Crippen LogP contribution in [0, 0.1) is 17.0 Å². The molecule has 0 unspecified atom stereocenters. The number of aromatic nitrogens is 3. The normalized spacial score (nSPS) is 10.7. The summed E-state index contributed by atoms with van der Waals surface area (Å²) in [7, 11) is 0.